The first-order valence-corrected chi connectivity index (χ1v) is 10.3. The van der Waals surface area contributed by atoms with E-state index in [4.69, 9.17) is 9.15 Å². The van der Waals surface area contributed by atoms with Crippen LogP contribution in [0.2, 0.25) is 0 Å². The molecule has 160 valence electrons. The average Bonchev–Trinajstić information content (AvgIpc) is 3.24. The molecule has 1 aliphatic rings. The van der Waals surface area contributed by atoms with Crippen LogP contribution < -0.4 is 5.32 Å². The predicted molar refractivity (Wildman–Crippen MR) is 110 cm³/mol. The van der Waals surface area contributed by atoms with Crippen LogP contribution in [0.15, 0.2) is 28.7 Å². The number of nitrogens with zero attached hydrogens (tertiary/aromatic N) is 2. The van der Waals surface area contributed by atoms with Gasteiger partial charge in [-0.1, -0.05) is 39.3 Å². The van der Waals surface area contributed by atoms with Crippen molar-refractivity contribution >= 4 is 23.7 Å². The number of aromatic nitrogens is 1. The summed E-state index contributed by atoms with van der Waals surface area (Å²) in [4.78, 5) is 43.9. The molecular weight excluding hydrogens is 386 g/mol. The van der Waals surface area contributed by atoms with Gasteiger partial charge in [0.25, 0.3) is 11.8 Å². The second-order valence-electron chi connectivity index (χ2n) is 7.45. The quantitative estimate of drug-likeness (QED) is 0.376. The minimum atomic E-state index is -0.757. The van der Waals surface area contributed by atoms with E-state index in [9.17, 15) is 14.4 Å². The first-order chi connectivity index (χ1) is 14.4. The lowest BCUT2D eigenvalue weighted by Crippen LogP contribution is -2.37. The SMILES string of the molecule is CCCCNc1oc([C@H](C(C)C)N2C(=O)c3ccccc3C2=O)nc1C(=O)OCC. The van der Waals surface area contributed by atoms with E-state index in [1.807, 2.05) is 13.8 Å². The van der Waals surface area contributed by atoms with Gasteiger partial charge in [-0.25, -0.2) is 9.78 Å². The molecule has 0 bridgehead atoms. The van der Waals surface area contributed by atoms with E-state index < -0.39 is 23.8 Å². The molecular formula is C22H27N3O5. The monoisotopic (exact) mass is 413 g/mol. The molecule has 0 saturated carbocycles. The number of fused-ring (bicyclic) bond motifs is 1. The summed E-state index contributed by atoms with van der Waals surface area (Å²) in [6.07, 6.45) is 1.84. The first-order valence-electron chi connectivity index (χ1n) is 10.3. The van der Waals surface area contributed by atoms with Gasteiger partial charge < -0.3 is 14.5 Å². The van der Waals surface area contributed by atoms with Crippen LogP contribution in [-0.4, -0.2) is 40.8 Å². The van der Waals surface area contributed by atoms with E-state index in [0.29, 0.717) is 17.7 Å². The van der Waals surface area contributed by atoms with Crippen molar-refractivity contribution < 1.29 is 23.5 Å². The molecule has 0 aliphatic carbocycles. The van der Waals surface area contributed by atoms with E-state index in [-0.39, 0.29) is 30.0 Å². The molecule has 1 N–H and O–H groups in total. The fraction of sp³-hybridized carbons (Fsp3) is 0.455. The number of ether oxygens (including phenoxy) is 1. The van der Waals surface area contributed by atoms with Crippen molar-refractivity contribution in [2.75, 3.05) is 18.5 Å². The molecule has 1 atom stereocenters. The summed E-state index contributed by atoms with van der Waals surface area (Å²) >= 11 is 0. The number of carbonyl (C=O) groups is 3. The van der Waals surface area contributed by atoms with Crippen molar-refractivity contribution in [3.63, 3.8) is 0 Å². The Bertz CT molecular complexity index is 915. The number of nitrogens with one attached hydrogen (secondary N) is 1. The summed E-state index contributed by atoms with van der Waals surface area (Å²) in [6, 6.07) is 5.94. The predicted octanol–water partition coefficient (Wildman–Crippen LogP) is 4.06. The third-order valence-corrected chi connectivity index (χ3v) is 4.92. The largest absolute Gasteiger partial charge is 0.461 e. The van der Waals surface area contributed by atoms with Gasteiger partial charge in [-0.3, -0.25) is 14.5 Å². The molecule has 3 rings (SSSR count). The highest BCUT2D eigenvalue weighted by molar-refractivity contribution is 6.21. The van der Waals surface area contributed by atoms with E-state index >= 15 is 0 Å². The summed E-state index contributed by atoms with van der Waals surface area (Å²) in [6.45, 7) is 8.28. The number of anilines is 1. The number of benzene rings is 1. The molecule has 8 heteroatoms. The topological polar surface area (TPSA) is 102 Å². The van der Waals surface area contributed by atoms with Gasteiger partial charge >= 0.3 is 5.97 Å². The normalized spacial score (nSPS) is 14.2. The fourth-order valence-corrected chi connectivity index (χ4v) is 3.45. The van der Waals surface area contributed by atoms with Crippen molar-refractivity contribution in [3.8, 4) is 0 Å². The maximum atomic E-state index is 13.0. The first kappa shape index (κ1) is 21.5. The highest BCUT2D eigenvalue weighted by atomic mass is 16.5. The molecule has 0 saturated heterocycles. The molecule has 1 aliphatic heterocycles. The summed E-state index contributed by atoms with van der Waals surface area (Å²) in [5, 5.41) is 3.08. The highest BCUT2D eigenvalue weighted by Crippen LogP contribution is 2.37. The smallest absolute Gasteiger partial charge is 0.362 e. The summed E-state index contributed by atoms with van der Waals surface area (Å²) in [5.41, 5.74) is 0.725. The zero-order valence-corrected chi connectivity index (χ0v) is 17.7. The Hall–Kier alpha value is -3.16. The molecule has 1 aromatic heterocycles. The zero-order valence-electron chi connectivity index (χ0n) is 17.7. The van der Waals surface area contributed by atoms with E-state index in [1.54, 1.807) is 31.2 Å². The number of amides is 2. The van der Waals surface area contributed by atoms with Crippen LogP contribution in [0.1, 0.15) is 83.7 Å². The van der Waals surface area contributed by atoms with Crippen LogP contribution in [0.3, 0.4) is 0 Å². The number of hydrogen-bond donors (Lipinski definition) is 1. The molecule has 2 heterocycles. The van der Waals surface area contributed by atoms with Gasteiger partial charge in [0.1, 0.15) is 6.04 Å². The molecule has 0 fully saturated rings. The Morgan fingerprint density at radius 3 is 2.33 bits per heavy atom. The van der Waals surface area contributed by atoms with Crippen LogP contribution in [0.25, 0.3) is 0 Å². The maximum absolute atomic E-state index is 13.0. The number of esters is 1. The molecule has 2 aromatic rings. The van der Waals surface area contributed by atoms with Crippen LogP contribution in [0.4, 0.5) is 5.88 Å². The minimum Gasteiger partial charge on any atom is -0.461 e. The molecule has 0 spiro atoms. The lowest BCUT2D eigenvalue weighted by molar-refractivity contribution is 0.0506. The number of unbranched alkanes of at least 4 members (excludes halogenated alkanes) is 1. The van der Waals surface area contributed by atoms with Crippen molar-refractivity contribution in [2.24, 2.45) is 5.92 Å². The Kier molecular flexibility index (Phi) is 6.54. The van der Waals surface area contributed by atoms with Gasteiger partial charge in [0.2, 0.25) is 17.5 Å². The van der Waals surface area contributed by atoms with Crippen LogP contribution in [0, 0.1) is 5.92 Å². The number of oxazole rings is 1. The van der Waals surface area contributed by atoms with Gasteiger partial charge in [-0.2, -0.15) is 0 Å². The minimum absolute atomic E-state index is 0.0187. The maximum Gasteiger partial charge on any atom is 0.362 e. The molecule has 1 aromatic carbocycles. The Morgan fingerprint density at radius 1 is 1.17 bits per heavy atom. The lowest BCUT2D eigenvalue weighted by Gasteiger charge is -2.26. The van der Waals surface area contributed by atoms with E-state index in [1.165, 1.54) is 4.90 Å². The molecule has 0 unspecified atom stereocenters. The van der Waals surface area contributed by atoms with Gasteiger partial charge in [-0.05, 0) is 31.4 Å². The van der Waals surface area contributed by atoms with Crippen molar-refractivity contribution in [2.45, 2.75) is 46.6 Å². The zero-order chi connectivity index (χ0) is 21.8. The highest BCUT2D eigenvalue weighted by Gasteiger charge is 2.44. The van der Waals surface area contributed by atoms with Crippen molar-refractivity contribution in [1.82, 2.24) is 9.88 Å². The Balaban J connectivity index is 2.00. The van der Waals surface area contributed by atoms with Crippen molar-refractivity contribution in [1.29, 1.82) is 0 Å². The second-order valence-corrected chi connectivity index (χ2v) is 7.45. The number of carbonyl (C=O) groups excluding carboxylic acids is 3. The van der Waals surface area contributed by atoms with Gasteiger partial charge in [-0.15, -0.1) is 0 Å². The Labute approximate surface area is 175 Å². The van der Waals surface area contributed by atoms with E-state index in [0.717, 1.165) is 12.8 Å². The van der Waals surface area contributed by atoms with Gasteiger partial charge in [0, 0.05) is 6.54 Å². The van der Waals surface area contributed by atoms with Gasteiger partial charge in [0.15, 0.2) is 0 Å². The molecule has 2 amide bonds. The summed E-state index contributed by atoms with van der Waals surface area (Å²) < 4.78 is 11.0. The standard InChI is InChI=1S/C22H27N3O5/c1-5-7-12-23-18-16(22(28)29-6-2)24-19(30-18)17(13(3)4)25-20(26)14-10-8-9-11-15(14)21(25)27/h8-11,13,17,23H,5-7,12H2,1-4H3/t17-/m0/s1. The average molecular weight is 413 g/mol. The Morgan fingerprint density at radius 2 is 1.80 bits per heavy atom. The fourth-order valence-electron chi connectivity index (χ4n) is 3.45. The summed E-state index contributed by atoms with van der Waals surface area (Å²) in [5.74, 6) is -1.28. The van der Waals surface area contributed by atoms with Crippen LogP contribution in [0.5, 0.6) is 0 Å². The van der Waals surface area contributed by atoms with Crippen LogP contribution in [-0.2, 0) is 4.74 Å². The van der Waals surface area contributed by atoms with Gasteiger partial charge in [0.05, 0.1) is 17.7 Å². The number of imide groups is 1. The molecule has 0 radical (unpaired) electrons. The van der Waals surface area contributed by atoms with E-state index in [2.05, 4.69) is 17.2 Å². The second kappa shape index (κ2) is 9.11. The lowest BCUT2D eigenvalue weighted by atomic mass is 10.0. The number of hydrogen-bond acceptors (Lipinski definition) is 7. The van der Waals surface area contributed by atoms with Crippen molar-refractivity contribution in [3.05, 3.63) is 47.0 Å². The third-order valence-electron chi connectivity index (χ3n) is 4.92. The number of rotatable bonds is 9. The van der Waals surface area contributed by atoms with Crippen LogP contribution >= 0.6 is 0 Å². The third kappa shape index (κ3) is 3.94. The molecule has 8 nitrogen and oxygen atoms in total. The molecule has 30 heavy (non-hydrogen) atoms. The summed E-state index contributed by atoms with van der Waals surface area (Å²) in [7, 11) is 0.